The molecule has 8 nitrogen and oxygen atoms in total. The Kier molecular flexibility index (Phi) is 7.99. The van der Waals surface area contributed by atoms with Crippen LogP contribution in [0.2, 0.25) is 5.02 Å². The second kappa shape index (κ2) is 10.9. The zero-order valence-electron chi connectivity index (χ0n) is 17.0. The molecular weight excluding hydrogens is 473 g/mol. The lowest BCUT2D eigenvalue weighted by Gasteiger charge is -2.11. The Labute approximate surface area is 194 Å². The average molecular weight is 492 g/mol. The molecule has 0 aliphatic heterocycles. The molecule has 172 valence electrons. The fourth-order valence-corrected chi connectivity index (χ4v) is 4.16. The van der Waals surface area contributed by atoms with Crippen LogP contribution in [-0.4, -0.2) is 26.8 Å². The SMILES string of the molecule is O=C(COc1ccc(F)cc1)NNC(=O)c1ccc(Cl)c(S(=O)(=O)NCc2ccccc2)c1. The molecule has 3 rings (SSSR count). The molecule has 0 heterocycles. The smallest absolute Gasteiger partial charge is 0.276 e. The molecule has 0 unspecified atom stereocenters. The van der Waals surface area contributed by atoms with E-state index in [0.29, 0.717) is 0 Å². The summed E-state index contributed by atoms with van der Waals surface area (Å²) < 4.78 is 45.8. The van der Waals surface area contributed by atoms with E-state index in [1.54, 1.807) is 24.3 Å². The van der Waals surface area contributed by atoms with Gasteiger partial charge in [-0.25, -0.2) is 17.5 Å². The molecule has 0 bridgehead atoms. The van der Waals surface area contributed by atoms with Gasteiger partial charge in [-0.3, -0.25) is 20.4 Å². The minimum atomic E-state index is -4.01. The number of nitrogens with one attached hydrogen (secondary N) is 3. The summed E-state index contributed by atoms with van der Waals surface area (Å²) in [4.78, 5) is 24.0. The second-order valence-electron chi connectivity index (χ2n) is 6.70. The summed E-state index contributed by atoms with van der Waals surface area (Å²) in [5.41, 5.74) is 5.01. The molecule has 0 saturated carbocycles. The van der Waals surface area contributed by atoms with E-state index in [-0.39, 0.29) is 27.8 Å². The van der Waals surface area contributed by atoms with Crippen LogP contribution in [0.4, 0.5) is 4.39 Å². The molecule has 3 aromatic carbocycles. The van der Waals surface area contributed by atoms with E-state index in [1.165, 1.54) is 36.4 Å². The zero-order chi connectivity index (χ0) is 23.8. The van der Waals surface area contributed by atoms with Gasteiger partial charge in [0, 0.05) is 12.1 Å². The number of amides is 2. The third-order valence-corrected chi connectivity index (χ3v) is 6.17. The molecule has 0 spiro atoms. The average Bonchev–Trinajstić information content (AvgIpc) is 2.81. The Morgan fingerprint density at radius 2 is 1.64 bits per heavy atom. The number of carbonyl (C=O) groups excluding carboxylic acids is 2. The molecule has 11 heteroatoms. The molecule has 0 aliphatic carbocycles. The van der Waals surface area contributed by atoms with Gasteiger partial charge in [0.05, 0.1) is 5.02 Å². The van der Waals surface area contributed by atoms with Gasteiger partial charge in [-0.1, -0.05) is 41.9 Å². The number of hydrogen-bond donors (Lipinski definition) is 3. The third-order valence-electron chi connectivity index (χ3n) is 4.29. The van der Waals surface area contributed by atoms with Crippen molar-refractivity contribution in [3.8, 4) is 5.75 Å². The van der Waals surface area contributed by atoms with Crippen LogP contribution < -0.4 is 20.3 Å². The molecule has 0 fully saturated rings. The molecule has 0 aromatic heterocycles. The van der Waals surface area contributed by atoms with Crippen molar-refractivity contribution < 1.29 is 27.1 Å². The molecule has 0 atom stereocenters. The number of rotatable bonds is 8. The Hall–Kier alpha value is -3.47. The standard InChI is InChI=1S/C22H19ClFN3O5S/c23-19-11-6-16(12-20(19)33(30,31)25-13-15-4-2-1-3-5-15)22(29)27-26-21(28)14-32-18-9-7-17(24)8-10-18/h1-12,25H,13-14H2,(H,26,28)(H,27,29). The summed E-state index contributed by atoms with van der Waals surface area (Å²) in [6.07, 6.45) is 0. The number of hydrogen-bond acceptors (Lipinski definition) is 5. The lowest BCUT2D eigenvalue weighted by atomic mass is 10.2. The molecule has 0 aliphatic rings. The van der Waals surface area contributed by atoms with Crippen LogP contribution in [0.25, 0.3) is 0 Å². The number of benzene rings is 3. The molecule has 0 saturated heterocycles. The maximum atomic E-state index is 12.9. The number of sulfonamides is 1. The van der Waals surface area contributed by atoms with Crippen LogP contribution in [0.1, 0.15) is 15.9 Å². The Morgan fingerprint density at radius 1 is 0.939 bits per heavy atom. The van der Waals surface area contributed by atoms with E-state index in [2.05, 4.69) is 15.6 Å². The minimum Gasteiger partial charge on any atom is -0.484 e. The number of hydrazine groups is 1. The summed E-state index contributed by atoms with van der Waals surface area (Å²) in [7, 11) is -4.01. The molecule has 3 N–H and O–H groups in total. The zero-order valence-corrected chi connectivity index (χ0v) is 18.6. The van der Waals surface area contributed by atoms with E-state index < -0.39 is 34.3 Å². The van der Waals surface area contributed by atoms with Crippen molar-refractivity contribution in [3.05, 3.63) is 94.8 Å². The first-order valence-corrected chi connectivity index (χ1v) is 11.4. The van der Waals surface area contributed by atoms with Crippen molar-refractivity contribution in [3.63, 3.8) is 0 Å². The fourth-order valence-electron chi connectivity index (χ4n) is 2.62. The van der Waals surface area contributed by atoms with Crippen LogP contribution in [0.5, 0.6) is 5.75 Å². The van der Waals surface area contributed by atoms with Gasteiger partial charge in [0.15, 0.2) is 6.61 Å². The molecule has 3 aromatic rings. The van der Waals surface area contributed by atoms with Crippen molar-refractivity contribution in [2.24, 2.45) is 0 Å². The highest BCUT2D eigenvalue weighted by molar-refractivity contribution is 7.89. The lowest BCUT2D eigenvalue weighted by molar-refractivity contribution is -0.123. The summed E-state index contributed by atoms with van der Waals surface area (Å²) in [5.74, 6) is -1.62. The largest absolute Gasteiger partial charge is 0.484 e. The van der Waals surface area contributed by atoms with Crippen LogP contribution in [-0.2, 0) is 21.4 Å². The summed E-state index contributed by atoms with van der Waals surface area (Å²) in [5, 5.41) is -0.0659. The number of ether oxygens (including phenoxy) is 1. The van der Waals surface area contributed by atoms with E-state index >= 15 is 0 Å². The highest BCUT2D eigenvalue weighted by atomic mass is 35.5. The summed E-state index contributed by atoms with van der Waals surface area (Å²) in [6.45, 7) is -0.393. The van der Waals surface area contributed by atoms with Crippen LogP contribution in [0.15, 0.2) is 77.7 Å². The van der Waals surface area contributed by atoms with Gasteiger partial charge in [-0.15, -0.1) is 0 Å². The Balaban J connectivity index is 1.58. The van der Waals surface area contributed by atoms with Crippen molar-refractivity contribution >= 4 is 33.4 Å². The van der Waals surface area contributed by atoms with Crippen molar-refractivity contribution in [1.82, 2.24) is 15.6 Å². The highest BCUT2D eigenvalue weighted by Crippen LogP contribution is 2.23. The monoisotopic (exact) mass is 491 g/mol. The van der Waals surface area contributed by atoms with Crippen molar-refractivity contribution in [1.29, 1.82) is 0 Å². The van der Waals surface area contributed by atoms with E-state index in [9.17, 15) is 22.4 Å². The molecule has 33 heavy (non-hydrogen) atoms. The lowest BCUT2D eigenvalue weighted by Crippen LogP contribution is -2.43. The van der Waals surface area contributed by atoms with E-state index in [1.807, 2.05) is 6.07 Å². The van der Waals surface area contributed by atoms with Gasteiger partial charge in [0.25, 0.3) is 11.8 Å². The maximum absolute atomic E-state index is 12.9. The van der Waals surface area contributed by atoms with Gasteiger partial charge in [0.1, 0.15) is 16.5 Å². The van der Waals surface area contributed by atoms with Gasteiger partial charge in [-0.2, -0.15) is 0 Å². The normalized spacial score (nSPS) is 11.0. The van der Waals surface area contributed by atoms with Crippen molar-refractivity contribution in [2.45, 2.75) is 11.4 Å². The predicted octanol–water partition coefficient (Wildman–Crippen LogP) is 2.80. The molecular formula is C22H19ClFN3O5S. The number of carbonyl (C=O) groups is 2. The first kappa shape index (κ1) is 24.2. The maximum Gasteiger partial charge on any atom is 0.276 e. The molecule has 0 radical (unpaired) electrons. The first-order valence-electron chi connectivity index (χ1n) is 9.55. The van der Waals surface area contributed by atoms with Gasteiger partial charge >= 0.3 is 0 Å². The summed E-state index contributed by atoms with van der Waals surface area (Å²) in [6, 6.07) is 17.6. The second-order valence-corrected chi connectivity index (χ2v) is 8.84. The Bertz CT molecular complexity index is 1240. The molecule has 2 amide bonds. The van der Waals surface area contributed by atoms with Crippen LogP contribution in [0.3, 0.4) is 0 Å². The highest BCUT2D eigenvalue weighted by Gasteiger charge is 2.20. The number of halogens is 2. The fraction of sp³-hybridized carbons (Fsp3) is 0.0909. The summed E-state index contributed by atoms with van der Waals surface area (Å²) >= 11 is 6.04. The predicted molar refractivity (Wildman–Crippen MR) is 119 cm³/mol. The topological polar surface area (TPSA) is 114 Å². The van der Waals surface area contributed by atoms with Crippen molar-refractivity contribution in [2.75, 3.05) is 6.61 Å². The van der Waals surface area contributed by atoms with Gasteiger partial charge in [-0.05, 0) is 48.0 Å². The van der Waals surface area contributed by atoms with Crippen LogP contribution in [0, 0.1) is 5.82 Å². The van der Waals surface area contributed by atoms with E-state index in [4.69, 9.17) is 16.3 Å². The third kappa shape index (κ3) is 7.01. The first-order chi connectivity index (χ1) is 15.7. The van der Waals surface area contributed by atoms with Gasteiger partial charge < -0.3 is 4.74 Å². The minimum absolute atomic E-state index is 0.0417. The van der Waals surface area contributed by atoms with Crippen LogP contribution >= 0.6 is 11.6 Å². The Morgan fingerprint density at radius 3 is 2.33 bits per heavy atom. The quantitative estimate of drug-likeness (QED) is 0.419. The van der Waals surface area contributed by atoms with Gasteiger partial charge in [0.2, 0.25) is 10.0 Å². The van der Waals surface area contributed by atoms with E-state index in [0.717, 1.165) is 11.6 Å².